The number of halogens is 2. The van der Waals surface area contributed by atoms with Crippen LogP contribution in [0.4, 0.5) is 14.6 Å². The van der Waals surface area contributed by atoms with E-state index in [1.807, 2.05) is 0 Å². The van der Waals surface area contributed by atoms with Crippen LogP contribution < -0.4 is 15.4 Å². The van der Waals surface area contributed by atoms with Crippen molar-refractivity contribution in [3.63, 3.8) is 0 Å². The topological polar surface area (TPSA) is 59.6 Å². The first-order valence-electron chi connectivity index (χ1n) is 6.97. The molecule has 1 aromatic rings. The molecule has 0 saturated heterocycles. The van der Waals surface area contributed by atoms with Crippen LogP contribution in [0.5, 0.6) is 5.75 Å². The first-order valence-corrected chi connectivity index (χ1v) is 6.97. The number of carbonyl (C=O) groups is 1. The number of anilines is 1. The molecule has 1 saturated carbocycles. The summed E-state index contributed by atoms with van der Waals surface area (Å²) in [6.07, 6.45) is 2.19. The van der Waals surface area contributed by atoms with Crippen LogP contribution in [0.15, 0.2) is 18.2 Å². The smallest absolute Gasteiger partial charge is 0.351 e. The average Bonchev–Trinajstić information content (AvgIpc) is 2.88. The van der Waals surface area contributed by atoms with Crippen molar-refractivity contribution in [3.8, 4) is 5.75 Å². The van der Waals surface area contributed by atoms with Gasteiger partial charge in [0.25, 0.3) is 0 Å². The van der Waals surface area contributed by atoms with Crippen LogP contribution in [0, 0.1) is 11.7 Å². The maximum atomic E-state index is 13.1. The van der Waals surface area contributed by atoms with Crippen LogP contribution in [-0.4, -0.2) is 18.4 Å². The number of benzene rings is 1. The third-order valence-corrected chi connectivity index (χ3v) is 4.00. The fraction of sp³-hybridized carbons (Fsp3) is 0.500. The second-order valence-electron chi connectivity index (χ2n) is 5.39. The number of nitrogens with one attached hydrogen (secondary N) is 2. The van der Waals surface area contributed by atoms with Gasteiger partial charge in [0.05, 0.1) is 11.6 Å². The van der Waals surface area contributed by atoms with Crippen molar-refractivity contribution in [2.24, 2.45) is 5.92 Å². The highest BCUT2D eigenvalue weighted by Crippen LogP contribution is 2.32. The minimum atomic E-state index is -0.786. The van der Waals surface area contributed by atoms with Gasteiger partial charge in [0.2, 0.25) is 6.35 Å². The lowest BCUT2D eigenvalue weighted by atomic mass is 9.86. The predicted molar refractivity (Wildman–Crippen MR) is 70.5 cm³/mol. The first kappa shape index (κ1) is 14.1. The number of rotatable bonds is 3. The van der Waals surface area contributed by atoms with Gasteiger partial charge in [-0.25, -0.2) is 9.18 Å². The molecule has 1 atom stereocenters. The maximum Gasteiger partial charge on any atom is 0.351 e. The fourth-order valence-electron chi connectivity index (χ4n) is 2.86. The van der Waals surface area contributed by atoms with Crippen molar-refractivity contribution in [2.45, 2.75) is 38.1 Å². The zero-order valence-corrected chi connectivity index (χ0v) is 11.3. The average molecular weight is 298 g/mol. The molecule has 7 heteroatoms. The van der Waals surface area contributed by atoms with Gasteiger partial charge in [-0.05, 0) is 37.8 Å². The van der Waals surface area contributed by atoms with Crippen molar-refractivity contribution < 1.29 is 23.4 Å². The Hall–Kier alpha value is -1.89. The molecule has 2 aliphatic rings. The second-order valence-corrected chi connectivity index (χ2v) is 5.39. The molecule has 1 aliphatic heterocycles. The summed E-state index contributed by atoms with van der Waals surface area (Å²) in [7, 11) is 0. The fourth-order valence-corrected chi connectivity index (χ4v) is 2.86. The van der Waals surface area contributed by atoms with E-state index in [-0.39, 0.29) is 17.8 Å². The van der Waals surface area contributed by atoms with Crippen LogP contribution in [-0.2, 0) is 9.74 Å². The van der Waals surface area contributed by atoms with Crippen molar-refractivity contribution in [2.75, 3.05) is 5.32 Å². The van der Waals surface area contributed by atoms with Gasteiger partial charge in [0, 0.05) is 16.6 Å². The van der Waals surface area contributed by atoms with Gasteiger partial charge >= 0.3 is 5.97 Å². The monoisotopic (exact) mass is 298 g/mol. The van der Waals surface area contributed by atoms with E-state index in [1.165, 1.54) is 12.1 Å². The summed E-state index contributed by atoms with van der Waals surface area (Å²) in [4.78, 5) is 14.4. The van der Waals surface area contributed by atoms with E-state index >= 15 is 0 Å². The molecular weight excluding hydrogens is 282 g/mol. The van der Waals surface area contributed by atoms with E-state index in [2.05, 4.69) is 15.6 Å². The van der Waals surface area contributed by atoms with Gasteiger partial charge in [0.1, 0.15) is 11.6 Å². The highest BCUT2D eigenvalue weighted by molar-refractivity contribution is 5.71. The molecule has 1 heterocycles. The number of hydrogen-bond acceptors (Lipinski definition) is 5. The van der Waals surface area contributed by atoms with Crippen LogP contribution in [0.3, 0.4) is 0 Å². The molecule has 0 spiro atoms. The number of hydrogen-bond donors (Lipinski definition) is 2. The Morgan fingerprint density at radius 2 is 2.10 bits per heavy atom. The molecule has 1 aromatic carbocycles. The van der Waals surface area contributed by atoms with E-state index in [0.717, 1.165) is 18.5 Å². The third kappa shape index (κ3) is 3.07. The zero-order valence-electron chi connectivity index (χ0n) is 11.3. The molecule has 0 radical (unpaired) electrons. The first-order chi connectivity index (χ1) is 10.2. The Balaban J connectivity index is 1.50. The summed E-state index contributed by atoms with van der Waals surface area (Å²) < 4.78 is 30.5. The summed E-state index contributed by atoms with van der Waals surface area (Å²) in [5, 5.41) is 6.36. The quantitative estimate of drug-likeness (QED) is 0.898. The lowest BCUT2D eigenvalue weighted by molar-refractivity contribution is -0.190. The number of ether oxygens (including phenoxy) is 1. The highest BCUT2D eigenvalue weighted by Gasteiger charge is 2.31. The van der Waals surface area contributed by atoms with E-state index in [0.29, 0.717) is 18.6 Å². The lowest BCUT2D eigenvalue weighted by Gasteiger charge is -2.29. The molecule has 1 fully saturated rings. The van der Waals surface area contributed by atoms with Gasteiger partial charge in [-0.2, -0.15) is 0 Å². The SMILES string of the molecule is O=C(OF)C1CCC(NC2Nc3ccc(F)cc3O2)CC1. The van der Waals surface area contributed by atoms with Crippen LogP contribution in [0.2, 0.25) is 0 Å². The summed E-state index contributed by atoms with van der Waals surface area (Å²) in [6.45, 7) is 0. The molecule has 3 rings (SSSR count). The predicted octanol–water partition coefficient (Wildman–Crippen LogP) is 2.49. The normalized spacial score (nSPS) is 27.4. The van der Waals surface area contributed by atoms with Gasteiger partial charge in [-0.1, -0.05) is 0 Å². The minimum Gasteiger partial charge on any atom is -0.455 e. The Bertz CT molecular complexity index is 533. The van der Waals surface area contributed by atoms with Crippen LogP contribution in [0.1, 0.15) is 25.7 Å². The third-order valence-electron chi connectivity index (χ3n) is 4.00. The van der Waals surface area contributed by atoms with Crippen molar-refractivity contribution >= 4 is 11.7 Å². The Morgan fingerprint density at radius 1 is 1.33 bits per heavy atom. The summed E-state index contributed by atoms with van der Waals surface area (Å²) >= 11 is 0. The molecule has 1 aliphatic carbocycles. The standard InChI is InChI=1S/C14H16F2N2O3/c15-9-3-6-11-12(7-9)20-14(18-11)17-10-4-1-8(2-5-10)13(19)21-16/h3,6-8,10,14,17-18H,1-2,4-5H2. The summed E-state index contributed by atoms with van der Waals surface area (Å²) in [5.41, 5.74) is 0.739. The zero-order chi connectivity index (χ0) is 14.8. The van der Waals surface area contributed by atoms with Crippen LogP contribution in [0.25, 0.3) is 0 Å². The van der Waals surface area contributed by atoms with E-state index in [9.17, 15) is 13.7 Å². The molecule has 2 N–H and O–H groups in total. The van der Waals surface area contributed by atoms with Crippen molar-refractivity contribution in [3.05, 3.63) is 24.0 Å². The molecule has 0 amide bonds. The van der Waals surface area contributed by atoms with E-state index in [4.69, 9.17) is 4.74 Å². The van der Waals surface area contributed by atoms with Gasteiger partial charge in [-0.3, -0.25) is 10.3 Å². The molecule has 21 heavy (non-hydrogen) atoms. The number of carbonyl (C=O) groups excluding carboxylic acids is 1. The summed E-state index contributed by atoms with van der Waals surface area (Å²) in [5.74, 6) is -1.02. The molecule has 0 bridgehead atoms. The molecule has 1 unspecified atom stereocenters. The van der Waals surface area contributed by atoms with Gasteiger partial charge in [0.15, 0.2) is 0 Å². The van der Waals surface area contributed by atoms with Crippen molar-refractivity contribution in [1.82, 2.24) is 5.32 Å². The van der Waals surface area contributed by atoms with Crippen LogP contribution >= 0.6 is 0 Å². The second kappa shape index (κ2) is 5.85. The Labute approximate surface area is 120 Å². The molecule has 0 aromatic heterocycles. The van der Waals surface area contributed by atoms with Gasteiger partial charge in [-0.15, -0.1) is 0 Å². The molecular formula is C14H16F2N2O3. The van der Waals surface area contributed by atoms with E-state index in [1.54, 1.807) is 6.07 Å². The number of fused-ring (bicyclic) bond motifs is 1. The largest absolute Gasteiger partial charge is 0.455 e. The molecule has 114 valence electrons. The maximum absolute atomic E-state index is 13.1. The minimum absolute atomic E-state index is 0.158. The summed E-state index contributed by atoms with van der Waals surface area (Å²) in [6, 6.07) is 4.48. The molecule has 5 nitrogen and oxygen atoms in total. The Morgan fingerprint density at radius 3 is 2.81 bits per heavy atom. The Kier molecular flexibility index (Phi) is 3.92. The highest BCUT2D eigenvalue weighted by atomic mass is 19.3. The lowest BCUT2D eigenvalue weighted by Crippen LogP contribution is -2.46. The van der Waals surface area contributed by atoms with E-state index < -0.39 is 12.3 Å². The van der Waals surface area contributed by atoms with Gasteiger partial charge < -0.3 is 10.1 Å². The van der Waals surface area contributed by atoms with Crippen molar-refractivity contribution in [1.29, 1.82) is 0 Å².